The molecular formula is C23H25N7O2. The average Bonchev–Trinajstić information content (AvgIpc) is 2.79. The average molecular weight is 432 g/mol. The topological polar surface area (TPSA) is 116 Å². The molecule has 3 heterocycles. The van der Waals surface area contributed by atoms with Crippen molar-refractivity contribution in [2.75, 3.05) is 36.4 Å². The van der Waals surface area contributed by atoms with E-state index in [0.29, 0.717) is 23.2 Å². The van der Waals surface area contributed by atoms with Gasteiger partial charge in [0.05, 0.1) is 23.7 Å². The van der Waals surface area contributed by atoms with Gasteiger partial charge in [-0.15, -0.1) is 0 Å². The molecule has 0 unspecified atom stereocenters. The van der Waals surface area contributed by atoms with Gasteiger partial charge in [-0.3, -0.25) is 4.98 Å². The lowest BCUT2D eigenvalue weighted by molar-refractivity contribution is 0.0697. The molecule has 3 N–H and O–H groups in total. The Morgan fingerprint density at radius 3 is 2.59 bits per heavy atom. The van der Waals surface area contributed by atoms with E-state index in [1.165, 1.54) is 0 Å². The van der Waals surface area contributed by atoms with E-state index in [0.717, 1.165) is 43.1 Å². The van der Waals surface area contributed by atoms with Crippen molar-refractivity contribution in [2.24, 2.45) is 0 Å². The normalized spacial score (nSPS) is 14.0. The van der Waals surface area contributed by atoms with Crippen LogP contribution in [0.4, 0.5) is 17.5 Å². The first-order valence-corrected chi connectivity index (χ1v) is 10.4. The number of nitrogens with one attached hydrogen (secondary N) is 2. The van der Waals surface area contributed by atoms with Gasteiger partial charge in [0.15, 0.2) is 0 Å². The summed E-state index contributed by atoms with van der Waals surface area (Å²) >= 11 is 0. The molecule has 0 saturated carbocycles. The van der Waals surface area contributed by atoms with Crippen molar-refractivity contribution in [3.8, 4) is 0 Å². The Balaban J connectivity index is 1.46. The maximum atomic E-state index is 11.2. The van der Waals surface area contributed by atoms with Crippen LogP contribution in [0.3, 0.4) is 0 Å². The van der Waals surface area contributed by atoms with E-state index in [-0.39, 0.29) is 5.56 Å². The maximum Gasteiger partial charge on any atom is 0.335 e. The largest absolute Gasteiger partial charge is 0.478 e. The predicted octanol–water partition coefficient (Wildman–Crippen LogP) is 2.91. The number of rotatable bonds is 6. The highest BCUT2D eigenvalue weighted by Crippen LogP contribution is 2.19. The van der Waals surface area contributed by atoms with Crippen molar-refractivity contribution in [2.45, 2.75) is 13.8 Å². The molecule has 1 aliphatic heterocycles. The standard InChI is InChI=1S/C23H25N7O2/c1-15-3-4-18(23(31)32)11-17(15)5-6-19-13-26-21(14-25-19)29-20-12-22(28-16(2)27-20)30-9-7-24-8-10-30/h3-6,11-14,24H,7-10H2,1-2H3,(H,31,32)(H,26,27,28,29)/b6-5+. The fraction of sp³-hybridized carbons (Fsp3) is 0.261. The van der Waals surface area contributed by atoms with Gasteiger partial charge >= 0.3 is 5.97 Å². The Morgan fingerprint density at radius 2 is 1.88 bits per heavy atom. The zero-order valence-corrected chi connectivity index (χ0v) is 18.0. The fourth-order valence-electron chi connectivity index (χ4n) is 3.42. The number of anilines is 3. The van der Waals surface area contributed by atoms with Crippen LogP contribution in [-0.4, -0.2) is 57.2 Å². The second-order valence-electron chi connectivity index (χ2n) is 7.56. The number of benzene rings is 1. The summed E-state index contributed by atoms with van der Waals surface area (Å²) in [6.45, 7) is 7.50. The minimum absolute atomic E-state index is 0.251. The Labute approximate surface area is 186 Å². The molecular weight excluding hydrogens is 406 g/mol. The van der Waals surface area contributed by atoms with Crippen LogP contribution in [0.5, 0.6) is 0 Å². The van der Waals surface area contributed by atoms with Crippen LogP contribution in [-0.2, 0) is 0 Å². The number of aromatic nitrogens is 4. The number of carbonyl (C=O) groups is 1. The lowest BCUT2D eigenvalue weighted by Crippen LogP contribution is -2.44. The van der Waals surface area contributed by atoms with Crippen molar-refractivity contribution in [1.29, 1.82) is 0 Å². The van der Waals surface area contributed by atoms with Gasteiger partial charge in [-0.2, -0.15) is 0 Å². The van der Waals surface area contributed by atoms with Crippen LogP contribution < -0.4 is 15.5 Å². The lowest BCUT2D eigenvalue weighted by Gasteiger charge is -2.28. The van der Waals surface area contributed by atoms with Gasteiger partial charge in [-0.1, -0.05) is 12.1 Å². The van der Waals surface area contributed by atoms with E-state index in [1.807, 2.05) is 32.1 Å². The number of piperazine rings is 1. The summed E-state index contributed by atoms with van der Waals surface area (Å²) in [5, 5.41) is 15.7. The van der Waals surface area contributed by atoms with Gasteiger partial charge in [0.2, 0.25) is 0 Å². The van der Waals surface area contributed by atoms with E-state index in [4.69, 9.17) is 0 Å². The van der Waals surface area contributed by atoms with Gasteiger partial charge in [-0.05, 0) is 43.2 Å². The molecule has 3 aromatic rings. The van der Waals surface area contributed by atoms with Crippen molar-refractivity contribution in [3.63, 3.8) is 0 Å². The summed E-state index contributed by atoms with van der Waals surface area (Å²) in [6, 6.07) is 6.95. The monoisotopic (exact) mass is 431 g/mol. The molecule has 0 bridgehead atoms. The molecule has 32 heavy (non-hydrogen) atoms. The second kappa shape index (κ2) is 9.52. The number of carboxylic acids is 1. The zero-order valence-electron chi connectivity index (χ0n) is 18.0. The molecule has 1 aliphatic rings. The number of hydrogen-bond acceptors (Lipinski definition) is 8. The number of hydrogen-bond donors (Lipinski definition) is 3. The summed E-state index contributed by atoms with van der Waals surface area (Å²) in [6.07, 6.45) is 6.94. The Morgan fingerprint density at radius 1 is 1.06 bits per heavy atom. The summed E-state index contributed by atoms with van der Waals surface area (Å²) in [5.74, 6) is 1.89. The first-order chi connectivity index (χ1) is 15.5. The van der Waals surface area contributed by atoms with Crippen molar-refractivity contribution in [1.82, 2.24) is 25.3 Å². The molecule has 0 atom stereocenters. The maximum absolute atomic E-state index is 11.2. The highest BCUT2D eigenvalue weighted by molar-refractivity contribution is 5.89. The van der Waals surface area contributed by atoms with Crippen LogP contribution in [0, 0.1) is 13.8 Å². The molecule has 0 radical (unpaired) electrons. The molecule has 9 nitrogen and oxygen atoms in total. The Bertz CT molecular complexity index is 1140. The van der Waals surface area contributed by atoms with E-state index in [9.17, 15) is 9.90 Å². The zero-order chi connectivity index (χ0) is 22.5. The number of aryl methyl sites for hydroxylation is 2. The SMILES string of the molecule is Cc1nc(Nc2cnc(/C=C/c3cc(C(=O)O)ccc3C)cn2)cc(N2CCNCC2)n1. The minimum Gasteiger partial charge on any atom is -0.478 e. The molecule has 1 saturated heterocycles. The van der Waals surface area contributed by atoms with Crippen LogP contribution >= 0.6 is 0 Å². The van der Waals surface area contributed by atoms with Crippen molar-refractivity contribution < 1.29 is 9.90 Å². The van der Waals surface area contributed by atoms with E-state index >= 15 is 0 Å². The van der Waals surface area contributed by atoms with Crippen LogP contribution in [0.2, 0.25) is 0 Å². The van der Waals surface area contributed by atoms with E-state index < -0.39 is 5.97 Å². The summed E-state index contributed by atoms with van der Waals surface area (Å²) in [4.78, 5) is 31.3. The van der Waals surface area contributed by atoms with Crippen LogP contribution in [0.25, 0.3) is 12.2 Å². The smallest absolute Gasteiger partial charge is 0.335 e. The van der Waals surface area contributed by atoms with E-state index in [1.54, 1.807) is 30.6 Å². The quantitative estimate of drug-likeness (QED) is 0.542. The molecule has 0 spiro atoms. The van der Waals surface area contributed by atoms with Crippen LogP contribution in [0.15, 0.2) is 36.7 Å². The van der Waals surface area contributed by atoms with Crippen LogP contribution in [0.1, 0.15) is 33.0 Å². The van der Waals surface area contributed by atoms with Gasteiger partial charge in [-0.25, -0.2) is 19.7 Å². The fourth-order valence-corrected chi connectivity index (χ4v) is 3.42. The molecule has 0 amide bonds. The molecule has 1 aromatic carbocycles. The first kappa shape index (κ1) is 21.4. The first-order valence-electron chi connectivity index (χ1n) is 10.4. The van der Waals surface area contributed by atoms with Crippen molar-refractivity contribution in [3.05, 3.63) is 64.9 Å². The molecule has 9 heteroatoms. The third-order valence-corrected chi connectivity index (χ3v) is 5.15. The van der Waals surface area contributed by atoms with Gasteiger partial charge in [0.1, 0.15) is 23.3 Å². The summed E-state index contributed by atoms with van der Waals surface area (Å²) in [5.41, 5.74) is 2.72. The predicted molar refractivity (Wildman–Crippen MR) is 124 cm³/mol. The summed E-state index contributed by atoms with van der Waals surface area (Å²) < 4.78 is 0. The lowest BCUT2D eigenvalue weighted by atomic mass is 10.0. The Hall–Kier alpha value is -3.85. The number of carboxylic acid groups (broad SMARTS) is 1. The van der Waals surface area contributed by atoms with Gasteiger partial charge < -0.3 is 20.6 Å². The third kappa shape index (κ3) is 5.25. The molecule has 0 aliphatic carbocycles. The highest BCUT2D eigenvalue weighted by Gasteiger charge is 2.13. The minimum atomic E-state index is -0.949. The molecule has 4 rings (SSSR count). The second-order valence-corrected chi connectivity index (χ2v) is 7.56. The molecule has 2 aromatic heterocycles. The number of aromatic carboxylic acids is 1. The molecule has 164 valence electrons. The highest BCUT2D eigenvalue weighted by atomic mass is 16.4. The van der Waals surface area contributed by atoms with Gasteiger partial charge in [0, 0.05) is 32.2 Å². The summed E-state index contributed by atoms with van der Waals surface area (Å²) in [7, 11) is 0. The van der Waals surface area contributed by atoms with Gasteiger partial charge in [0.25, 0.3) is 0 Å². The van der Waals surface area contributed by atoms with E-state index in [2.05, 4.69) is 35.5 Å². The molecule has 1 fully saturated rings. The third-order valence-electron chi connectivity index (χ3n) is 5.15. The Kier molecular flexibility index (Phi) is 6.37. The van der Waals surface area contributed by atoms with Crippen molar-refractivity contribution >= 4 is 35.6 Å². The number of nitrogens with zero attached hydrogens (tertiary/aromatic N) is 5.